The van der Waals surface area contributed by atoms with Crippen molar-refractivity contribution < 1.29 is 4.74 Å². The standard InChI is InChI=1S/C17H27Cl2N3O/c1-20-17(21-10-4-3-5-12-23-2)22-11-6-7-14-8-9-15(18)13-16(14)19/h8-9,13H,3-7,10-12H2,1-2H3,(H2,20,21,22). The summed E-state index contributed by atoms with van der Waals surface area (Å²) in [6.45, 7) is 2.61. The summed E-state index contributed by atoms with van der Waals surface area (Å²) in [6.07, 6.45) is 5.27. The lowest BCUT2D eigenvalue weighted by molar-refractivity contribution is 0.192. The number of nitrogens with zero attached hydrogens (tertiary/aromatic N) is 1. The molecule has 0 unspecified atom stereocenters. The van der Waals surface area contributed by atoms with Gasteiger partial charge in [-0.2, -0.15) is 0 Å². The Morgan fingerprint density at radius 1 is 1.09 bits per heavy atom. The Bertz CT molecular complexity index is 481. The highest BCUT2D eigenvalue weighted by Gasteiger charge is 2.02. The van der Waals surface area contributed by atoms with E-state index in [4.69, 9.17) is 27.9 Å². The van der Waals surface area contributed by atoms with Crippen molar-refractivity contribution in [2.24, 2.45) is 4.99 Å². The maximum Gasteiger partial charge on any atom is 0.190 e. The molecule has 130 valence electrons. The van der Waals surface area contributed by atoms with Gasteiger partial charge in [0.1, 0.15) is 0 Å². The maximum absolute atomic E-state index is 6.17. The van der Waals surface area contributed by atoms with Gasteiger partial charge >= 0.3 is 0 Å². The monoisotopic (exact) mass is 359 g/mol. The molecule has 1 aromatic rings. The molecule has 0 radical (unpaired) electrons. The fourth-order valence-corrected chi connectivity index (χ4v) is 2.69. The van der Waals surface area contributed by atoms with Crippen LogP contribution in [0.2, 0.25) is 10.0 Å². The van der Waals surface area contributed by atoms with Crippen LogP contribution in [0.5, 0.6) is 0 Å². The quantitative estimate of drug-likeness (QED) is 0.378. The topological polar surface area (TPSA) is 45.7 Å². The summed E-state index contributed by atoms with van der Waals surface area (Å²) in [4.78, 5) is 4.22. The van der Waals surface area contributed by atoms with E-state index in [0.717, 1.165) is 68.3 Å². The minimum atomic E-state index is 0.673. The second kappa shape index (κ2) is 12.5. The van der Waals surface area contributed by atoms with Gasteiger partial charge in [-0.1, -0.05) is 29.3 Å². The summed E-state index contributed by atoms with van der Waals surface area (Å²) < 4.78 is 5.03. The predicted molar refractivity (Wildman–Crippen MR) is 99.9 cm³/mol. The minimum Gasteiger partial charge on any atom is -0.385 e. The van der Waals surface area contributed by atoms with Crippen LogP contribution >= 0.6 is 23.2 Å². The molecule has 4 nitrogen and oxygen atoms in total. The Balaban J connectivity index is 2.15. The van der Waals surface area contributed by atoms with Gasteiger partial charge in [0, 0.05) is 43.9 Å². The third kappa shape index (κ3) is 9.04. The summed E-state index contributed by atoms with van der Waals surface area (Å²) >= 11 is 12.1. The first-order valence-corrected chi connectivity index (χ1v) is 8.80. The molecule has 0 amide bonds. The second-order valence-corrected chi connectivity index (χ2v) is 6.16. The van der Waals surface area contributed by atoms with Crippen LogP contribution in [0.1, 0.15) is 31.2 Å². The Morgan fingerprint density at radius 3 is 2.48 bits per heavy atom. The number of aryl methyl sites for hydroxylation is 1. The molecule has 0 aliphatic heterocycles. The summed E-state index contributed by atoms with van der Waals surface area (Å²) in [5.74, 6) is 0.846. The lowest BCUT2D eigenvalue weighted by Gasteiger charge is -2.12. The summed E-state index contributed by atoms with van der Waals surface area (Å²) in [6, 6.07) is 5.65. The Kier molecular flexibility index (Phi) is 10.9. The number of ether oxygens (including phenoxy) is 1. The normalized spacial score (nSPS) is 11.6. The van der Waals surface area contributed by atoms with Gasteiger partial charge in [0.05, 0.1) is 0 Å². The van der Waals surface area contributed by atoms with E-state index in [9.17, 15) is 0 Å². The third-order valence-corrected chi connectivity index (χ3v) is 4.06. The van der Waals surface area contributed by atoms with E-state index in [1.807, 2.05) is 12.1 Å². The zero-order valence-corrected chi connectivity index (χ0v) is 15.5. The predicted octanol–water partition coefficient (Wildman–Crippen LogP) is 3.91. The Hall–Kier alpha value is -0.970. The van der Waals surface area contributed by atoms with Gasteiger partial charge in [-0.3, -0.25) is 4.99 Å². The molecule has 0 aliphatic rings. The molecule has 0 saturated heterocycles. The van der Waals surface area contributed by atoms with Crippen molar-refractivity contribution in [1.82, 2.24) is 10.6 Å². The fourth-order valence-electron chi connectivity index (χ4n) is 2.19. The van der Waals surface area contributed by atoms with Gasteiger partial charge in [-0.05, 0) is 49.8 Å². The Morgan fingerprint density at radius 2 is 1.83 bits per heavy atom. The smallest absolute Gasteiger partial charge is 0.190 e. The SMILES string of the molecule is CN=C(NCCCCCOC)NCCCc1ccc(Cl)cc1Cl. The molecule has 0 saturated carbocycles. The first-order valence-electron chi connectivity index (χ1n) is 8.04. The zero-order valence-electron chi connectivity index (χ0n) is 14.0. The lowest BCUT2D eigenvalue weighted by atomic mass is 10.1. The highest BCUT2D eigenvalue weighted by molar-refractivity contribution is 6.35. The lowest BCUT2D eigenvalue weighted by Crippen LogP contribution is -2.38. The van der Waals surface area contributed by atoms with Gasteiger partial charge in [-0.25, -0.2) is 0 Å². The first-order chi connectivity index (χ1) is 11.2. The fraction of sp³-hybridized carbons (Fsp3) is 0.588. The van der Waals surface area contributed by atoms with E-state index in [1.54, 1.807) is 20.2 Å². The number of halogens is 2. The highest BCUT2D eigenvalue weighted by Crippen LogP contribution is 2.21. The second-order valence-electron chi connectivity index (χ2n) is 5.32. The van der Waals surface area contributed by atoms with E-state index in [2.05, 4.69) is 15.6 Å². The van der Waals surface area contributed by atoms with Gasteiger partial charge in [0.15, 0.2) is 5.96 Å². The average Bonchev–Trinajstić information content (AvgIpc) is 2.54. The van der Waals surface area contributed by atoms with Crippen molar-refractivity contribution >= 4 is 29.2 Å². The molecule has 0 heterocycles. The molecule has 0 aromatic heterocycles. The molecular formula is C17H27Cl2N3O. The number of hydrogen-bond donors (Lipinski definition) is 2. The molecule has 2 N–H and O–H groups in total. The highest BCUT2D eigenvalue weighted by atomic mass is 35.5. The molecule has 6 heteroatoms. The third-order valence-electron chi connectivity index (χ3n) is 3.47. The van der Waals surface area contributed by atoms with Crippen molar-refractivity contribution in [3.8, 4) is 0 Å². The zero-order chi connectivity index (χ0) is 16.9. The largest absolute Gasteiger partial charge is 0.385 e. The van der Waals surface area contributed by atoms with E-state index >= 15 is 0 Å². The molecule has 1 aromatic carbocycles. The van der Waals surface area contributed by atoms with Gasteiger partial charge in [0.2, 0.25) is 0 Å². The van der Waals surface area contributed by atoms with Gasteiger partial charge in [-0.15, -0.1) is 0 Å². The number of aliphatic imine (C=N–C) groups is 1. The average molecular weight is 360 g/mol. The summed E-state index contributed by atoms with van der Waals surface area (Å²) in [5, 5.41) is 8.04. The molecule has 0 aliphatic carbocycles. The van der Waals surface area contributed by atoms with Crippen LogP contribution in [0.3, 0.4) is 0 Å². The van der Waals surface area contributed by atoms with Gasteiger partial charge < -0.3 is 15.4 Å². The van der Waals surface area contributed by atoms with Gasteiger partial charge in [0.25, 0.3) is 0 Å². The van der Waals surface area contributed by atoms with E-state index in [-0.39, 0.29) is 0 Å². The van der Waals surface area contributed by atoms with Crippen LogP contribution in [0.4, 0.5) is 0 Å². The van der Waals surface area contributed by atoms with Crippen LogP contribution in [0.15, 0.2) is 23.2 Å². The molecule has 0 fully saturated rings. The summed E-state index contributed by atoms with van der Waals surface area (Å²) in [7, 11) is 3.53. The van der Waals surface area contributed by atoms with Crippen molar-refractivity contribution in [3.63, 3.8) is 0 Å². The van der Waals surface area contributed by atoms with Crippen LogP contribution in [0, 0.1) is 0 Å². The maximum atomic E-state index is 6.17. The van der Waals surface area contributed by atoms with Crippen LogP contribution < -0.4 is 10.6 Å². The number of nitrogens with one attached hydrogen (secondary N) is 2. The minimum absolute atomic E-state index is 0.673. The van der Waals surface area contributed by atoms with Crippen molar-refractivity contribution in [3.05, 3.63) is 33.8 Å². The number of unbranched alkanes of at least 4 members (excludes halogenated alkanes) is 2. The Labute approximate surface area is 149 Å². The molecular weight excluding hydrogens is 333 g/mol. The van der Waals surface area contributed by atoms with E-state index < -0.39 is 0 Å². The van der Waals surface area contributed by atoms with Crippen LogP contribution in [-0.2, 0) is 11.2 Å². The summed E-state index contributed by atoms with van der Waals surface area (Å²) in [5.41, 5.74) is 1.12. The van der Waals surface area contributed by atoms with Crippen LogP contribution in [-0.4, -0.2) is 39.8 Å². The first kappa shape index (κ1) is 20.1. The van der Waals surface area contributed by atoms with Crippen molar-refractivity contribution in [1.29, 1.82) is 0 Å². The number of guanidine groups is 1. The van der Waals surface area contributed by atoms with Crippen molar-refractivity contribution in [2.75, 3.05) is 33.9 Å². The molecule has 0 spiro atoms. The number of rotatable bonds is 10. The molecule has 0 bridgehead atoms. The van der Waals surface area contributed by atoms with Crippen molar-refractivity contribution in [2.45, 2.75) is 32.1 Å². The number of methoxy groups -OCH3 is 1. The van der Waals surface area contributed by atoms with E-state index in [0.29, 0.717) is 5.02 Å². The van der Waals surface area contributed by atoms with Crippen LogP contribution in [0.25, 0.3) is 0 Å². The number of hydrogen-bond acceptors (Lipinski definition) is 2. The molecule has 23 heavy (non-hydrogen) atoms. The molecule has 1 rings (SSSR count). The van der Waals surface area contributed by atoms with E-state index in [1.165, 1.54) is 0 Å². The number of benzene rings is 1. The molecule has 0 atom stereocenters.